The molecule has 1 rings (SSSR count). The maximum atomic E-state index is 7.18. The lowest BCUT2D eigenvalue weighted by atomic mass is 10.5. The van der Waals surface area contributed by atoms with E-state index in [2.05, 4.69) is 9.97 Å². The van der Waals surface area contributed by atoms with Crippen molar-refractivity contribution in [3.05, 3.63) is 17.9 Å². The van der Waals surface area contributed by atoms with Crippen LogP contribution in [0.2, 0.25) is 0 Å². The van der Waals surface area contributed by atoms with Gasteiger partial charge in [0.05, 0.1) is 1.37 Å². The molecule has 0 atom stereocenters. The third-order valence-electron chi connectivity index (χ3n) is 0.624. The Morgan fingerprint density at radius 3 is 3.50 bits per heavy atom. The number of nitrogen functional groups attached to an aromatic ring is 1. The molecule has 0 saturated carbocycles. The molecule has 0 amide bonds. The summed E-state index contributed by atoms with van der Waals surface area (Å²) in [6.07, 6.45) is 1.07. The molecule has 0 aliphatic rings. The van der Waals surface area contributed by atoms with Crippen LogP contribution in [-0.2, 0) is 0 Å². The number of nitrogens with zero attached hydrogens (tertiary/aromatic N) is 2. The van der Waals surface area contributed by atoms with Gasteiger partial charge in [-0.3, -0.25) is 0 Å². The van der Waals surface area contributed by atoms with Crippen molar-refractivity contribution < 1.29 is 5.48 Å². The zero-order chi connectivity index (χ0) is 9.35. The standard InChI is InChI=1S/C5H7N3/c1-4-2-3-7-5(6)8-4/h2-3H,1H3,(H2,6,7,8)/i1D3,2D. The van der Waals surface area contributed by atoms with E-state index in [1.165, 1.54) is 0 Å². The molecule has 0 aliphatic heterocycles. The average Bonchev–Trinajstić information content (AvgIpc) is 1.92. The smallest absolute Gasteiger partial charge is 0.220 e. The molecule has 0 radical (unpaired) electrons. The summed E-state index contributed by atoms with van der Waals surface area (Å²) in [5.74, 6) is -0.128. The molecular formula is C5H7N3. The summed E-state index contributed by atoms with van der Waals surface area (Å²) >= 11 is 0. The molecule has 42 valence electrons. The van der Waals surface area contributed by atoms with Crippen molar-refractivity contribution in [1.82, 2.24) is 9.97 Å². The first-order valence-corrected chi connectivity index (χ1v) is 2.01. The van der Waals surface area contributed by atoms with Crippen LogP contribution >= 0.6 is 0 Å². The van der Waals surface area contributed by atoms with Gasteiger partial charge in [-0.1, -0.05) is 0 Å². The maximum Gasteiger partial charge on any atom is 0.220 e. The van der Waals surface area contributed by atoms with E-state index in [9.17, 15) is 0 Å². The van der Waals surface area contributed by atoms with Crippen LogP contribution in [0.1, 0.15) is 11.2 Å². The molecule has 1 aromatic heterocycles. The minimum Gasteiger partial charge on any atom is -0.368 e. The minimum atomic E-state index is -2.39. The predicted molar refractivity (Wildman–Crippen MR) is 31.2 cm³/mol. The van der Waals surface area contributed by atoms with Crippen molar-refractivity contribution in [3.63, 3.8) is 0 Å². The average molecular weight is 113 g/mol. The molecule has 0 bridgehead atoms. The van der Waals surface area contributed by atoms with Gasteiger partial charge >= 0.3 is 0 Å². The number of aromatic nitrogens is 2. The maximum absolute atomic E-state index is 7.18. The summed E-state index contributed by atoms with van der Waals surface area (Å²) in [4.78, 5) is 6.94. The largest absolute Gasteiger partial charge is 0.368 e. The molecule has 0 spiro atoms. The van der Waals surface area contributed by atoms with Crippen LogP contribution < -0.4 is 5.73 Å². The van der Waals surface area contributed by atoms with Crippen molar-refractivity contribution in [3.8, 4) is 0 Å². The second-order valence-electron chi connectivity index (χ2n) is 1.22. The van der Waals surface area contributed by atoms with E-state index in [1.807, 2.05) is 0 Å². The number of anilines is 1. The van der Waals surface area contributed by atoms with Gasteiger partial charge in [-0.15, -0.1) is 0 Å². The fourth-order valence-corrected chi connectivity index (χ4v) is 0.335. The van der Waals surface area contributed by atoms with E-state index in [0.29, 0.717) is 0 Å². The van der Waals surface area contributed by atoms with Crippen LogP contribution in [0.15, 0.2) is 12.2 Å². The number of nitrogens with two attached hydrogens (primary N) is 1. The summed E-state index contributed by atoms with van der Waals surface area (Å²) in [5, 5.41) is 0. The first kappa shape index (κ1) is 2.01. The van der Waals surface area contributed by atoms with Crippen LogP contribution in [0.3, 0.4) is 0 Å². The number of hydrogen-bond donors (Lipinski definition) is 1. The number of hydrogen-bond acceptors (Lipinski definition) is 3. The van der Waals surface area contributed by atoms with Gasteiger partial charge in [0.25, 0.3) is 0 Å². The molecule has 0 fully saturated rings. The van der Waals surface area contributed by atoms with E-state index in [0.717, 1.165) is 6.20 Å². The lowest BCUT2D eigenvalue weighted by Crippen LogP contribution is -1.93. The first-order valence-electron chi connectivity index (χ1n) is 4.01. The van der Waals surface area contributed by atoms with Crippen LogP contribution in [0.5, 0.6) is 0 Å². The zero-order valence-corrected chi connectivity index (χ0v) is 4.05. The summed E-state index contributed by atoms with van der Waals surface area (Å²) < 4.78 is 28.1. The van der Waals surface area contributed by atoms with Crippen molar-refractivity contribution in [1.29, 1.82) is 0 Å². The summed E-state index contributed by atoms with van der Waals surface area (Å²) in [6.45, 7) is -2.39. The molecular weight excluding hydrogens is 102 g/mol. The Hall–Kier alpha value is -1.12. The highest BCUT2D eigenvalue weighted by atomic mass is 15.0. The predicted octanol–water partition coefficient (Wildman–Crippen LogP) is 0.367. The molecule has 8 heavy (non-hydrogen) atoms. The van der Waals surface area contributed by atoms with Crippen LogP contribution in [0.4, 0.5) is 5.95 Å². The summed E-state index contributed by atoms with van der Waals surface area (Å²) in [6, 6.07) is -0.218. The summed E-state index contributed by atoms with van der Waals surface area (Å²) in [7, 11) is 0. The highest BCUT2D eigenvalue weighted by Gasteiger charge is 1.84. The van der Waals surface area contributed by atoms with Crippen LogP contribution in [0, 0.1) is 6.85 Å². The van der Waals surface area contributed by atoms with Gasteiger partial charge in [0, 0.05) is 16.0 Å². The third-order valence-corrected chi connectivity index (χ3v) is 0.624. The monoisotopic (exact) mass is 113 g/mol. The number of rotatable bonds is 0. The second-order valence-corrected chi connectivity index (χ2v) is 1.22. The topological polar surface area (TPSA) is 51.8 Å². The molecule has 3 heteroatoms. The van der Waals surface area contributed by atoms with E-state index < -0.39 is 6.85 Å². The van der Waals surface area contributed by atoms with E-state index in [1.54, 1.807) is 0 Å². The molecule has 3 nitrogen and oxygen atoms in total. The lowest BCUT2D eigenvalue weighted by molar-refractivity contribution is 1.12. The van der Waals surface area contributed by atoms with E-state index in [-0.39, 0.29) is 17.7 Å². The quantitative estimate of drug-likeness (QED) is 0.528. The molecule has 0 saturated heterocycles. The van der Waals surface area contributed by atoms with Crippen molar-refractivity contribution in [2.24, 2.45) is 0 Å². The second kappa shape index (κ2) is 1.78. The molecule has 0 aromatic carbocycles. The fourth-order valence-electron chi connectivity index (χ4n) is 0.335. The van der Waals surface area contributed by atoms with Gasteiger partial charge in [-0.2, -0.15) is 0 Å². The van der Waals surface area contributed by atoms with Crippen molar-refractivity contribution in [2.45, 2.75) is 6.85 Å². The SMILES string of the molecule is [2H]c1cnc(N)nc1C([2H])([2H])[2H]. The first-order chi connectivity index (χ1) is 5.41. The van der Waals surface area contributed by atoms with E-state index >= 15 is 0 Å². The van der Waals surface area contributed by atoms with Gasteiger partial charge in [-0.25, -0.2) is 9.97 Å². The molecule has 1 heterocycles. The lowest BCUT2D eigenvalue weighted by Gasteiger charge is -1.89. The Morgan fingerprint density at radius 2 is 2.88 bits per heavy atom. The highest BCUT2D eigenvalue weighted by Crippen LogP contribution is 1.91. The van der Waals surface area contributed by atoms with Crippen LogP contribution in [0.25, 0.3) is 0 Å². The normalized spacial score (nSPS) is 18.0. The summed E-state index contributed by atoms with van der Waals surface area (Å²) in [5.41, 5.74) is 4.86. The third kappa shape index (κ3) is 0.932. The number of aryl methyl sites for hydroxylation is 1. The van der Waals surface area contributed by atoms with E-state index in [4.69, 9.17) is 11.2 Å². The van der Waals surface area contributed by atoms with Crippen molar-refractivity contribution >= 4 is 5.95 Å². The van der Waals surface area contributed by atoms with Gasteiger partial charge in [0.1, 0.15) is 0 Å². The van der Waals surface area contributed by atoms with Gasteiger partial charge in [0.15, 0.2) is 0 Å². The minimum absolute atomic E-state index is 0.128. The van der Waals surface area contributed by atoms with Gasteiger partial charge < -0.3 is 5.73 Å². The molecule has 1 aromatic rings. The Bertz CT molecular complexity index is 295. The Balaban J connectivity index is 3.23. The molecule has 0 unspecified atom stereocenters. The highest BCUT2D eigenvalue weighted by molar-refractivity contribution is 5.15. The Morgan fingerprint density at radius 1 is 2.00 bits per heavy atom. The van der Waals surface area contributed by atoms with Gasteiger partial charge in [0.2, 0.25) is 5.95 Å². The molecule has 0 aliphatic carbocycles. The molecule has 2 N–H and O–H groups in total. The fraction of sp³-hybridized carbons (Fsp3) is 0.200. The van der Waals surface area contributed by atoms with Crippen LogP contribution in [-0.4, -0.2) is 9.97 Å². The van der Waals surface area contributed by atoms with Crippen molar-refractivity contribution in [2.75, 3.05) is 5.73 Å². The van der Waals surface area contributed by atoms with Gasteiger partial charge in [-0.05, 0) is 12.9 Å². The Kier molecular flexibility index (Phi) is 0.446. The zero-order valence-electron chi connectivity index (χ0n) is 8.05. The Labute approximate surface area is 53.2 Å².